The lowest BCUT2D eigenvalue weighted by Gasteiger charge is -2.30. The van der Waals surface area contributed by atoms with Gasteiger partial charge >= 0.3 is 0 Å². The van der Waals surface area contributed by atoms with Crippen LogP contribution < -0.4 is 11.1 Å². The van der Waals surface area contributed by atoms with Gasteiger partial charge < -0.3 is 11.1 Å². The standard InChI is InChI=1S/C15H24N2O/c1-11(2)9-10-15(4,14(16)18)17-13-8-6-5-7-12(13)3/h5-8,11,17H,9-10H2,1-4H3,(H2,16,18). The summed E-state index contributed by atoms with van der Waals surface area (Å²) in [6.45, 7) is 8.20. The topological polar surface area (TPSA) is 55.1 Å². The Morgan fingerprint density at radius 2 is 2.00 bits per heavy atom. The van der Waals surface area contributed by atoms with Gasteiger partial charge in [-0.1, -0.05) is 32.0 Å². The molecule has 1 amide bonds. The van der Waals surface area contributed by atoms with Crippen LogP contribution in [0.25, 0.3) is 0 Å². The van der Waals surface area contributed by atoms with Gasteiger partial charge in [0.2, 0.25) is 5.91 Å². The summed E-state index contributed by atoms with van der Waals surface area (Å²) in [6.07, 6.45) is 1.71. The summed E-state index contributed by atoms with van der Waals surface area (Å²) in [5.74, 6) is 0.258. The van der Waals surface area contributed by atoms with Crippen molar-refractivity contribution in [1.29, 1.82) is 0 Å². The van der Waals surface area contributed by atoms with E-state index in [9.17, 15) is 4.79 Å². The quantitative estimate of drug-likeness (QED) is 0.812. The molecule has 0 bridgehead atoms. The fraction of sp³-hybridized carbons (Fsp3) is 0.533. The number of aryl methyl sites for hydroxylation is 1. The Hall–Kier alpha value is -1.51. The van der Waals surface area contributed by atoms with E-state index >= 15 is 0 Å². The predicted molar refractivity (Wildman–Crippen MR) is 76.5 cm³/mol. The Kier molecular flexibility index (Phi) is 4.76. The molecule has 3 N–H and O–H groups in total. The van der Waals surface area contributed by atoms with Crippen molar-refractivity contribution < 1.29 is 4.79 Å². The average molecular weight is 248 g/mol. The van der Waals surface area contributed by atoms with E-state index in [1.165, 1.54) is 0 Å². The zero-order valence-corrected chi connectivity index (χ0v) is 11.8. The van der Waals surface area contributed by atoms with Crippen molar-refractivity contribution in [2.75, 3.05) is 5.32 Å². The highest BCUT2D eigenvalue weighted by Gasteiger charge is 2.30. The molecule has 3 heteroatoms. The molecule has 1 aromatic carbocycles. The van der Waals surface area contributed by atoms with Crippen LogP contribution in [-0.2, 0) is 4.79 Å². The van der Waals surface area contributed by atoms with E-state index in [4.69, 9.17) is 5.73 Å². The maximum atomic E-state index is 11.7. The van der Waals surface area contributed by atoms with Gasteiger partial charge in [-0.05, 0) is 44.2 Å². The number of carbonyl (C=O) groups is 1. The number of rotatable bonds is 6. The second-order valence-corrected chi connectivity index (χ2v) is 5.57. The average Bonchev–Trinajstić information content (AvgIpc) is 2.29. The SMILES string of the molecule is Cc1ccccc1NC(C)(CCC(C)C)C(N)=O. The highest BCUT2D eigenvalue weighted by molar-refractivity contribution is 5.87. The molecule has 0 aliphatic heterocycles. The van der Waals surface area contributed by atoms with Crippen LogP contribution in [0.3, 0.4) is 0 Å². The van der Waals surface area contributed by atoms with Gasteiger partial charge in [-0.2, -0.15) is 0 Å². The lowest BCUT2D eigenvalue weighted by Crippen LogP contribution is -2.48. The number of hydrogen-bond acceptors (Lipinski definition) is 2. The molecular formula is C15H24N2O. The maximum Gasteiger partial charge on any atom is 0.242 e. The Balaban J connectivity index is 2.86. The van der Waals surface area contributed by atoms with Gasteiger partial charge in [0.1, 0.15) is 5.54 Å². The lowest BCUT2D eigenvalue weighted by atomic mass is 9.90. The van der Waals surface area contributed by atoms with Gasteiger partial charge in [-0.3, -0.25) is 4.79 Å². The molecular weight excluding hydrogens is 224 g/mol. The lowest BCUT2D eigenvalue weighted by molar-refractivity contribution is -0.122. The van der Waals surface area contributed by atoms with E-state index in [1.807, 2.05) is 38.1 Å². The summed E-state index contributed by atoms with van der Waals surface area (Å²) in [6, 6.07) is 7.94. The molecule has 1 rings (SSSR count). The molecule has 0 aliphatic rings. The Morgan fingerprint density at radius 1 is 1.39 bits per heavy atom. The normalized spacial score (nSPS) is 14.3. The highest BCUT2D eigenvalue weighted by Crippen LogP contribution is 2.24. The predicted octanol–water partition coefficient (Wildman–Crippen LogP) is 3.09. The Labute approximate surface area is 110 Å². The number of benzene rings is 1. The number of nitrogens with two attached hydrogens (primary N) is 1. The molecule has 0 saturated heterocycles. The van der Waals surface area contributed by atoms with Crippen molar-refractivity contribution in [3.63, 3.8) is 0 Å². The highest BCUT2D eigenvalue weighted by atomic mass is 16.1. The molecule has 0 fully saturated rings. The van der Waals surface area contributed by atoms with Crippen molar-refractivity contribution in [1.82, 2.24) is 0 Å². The van der Waals surface area contributed by atoms with Crippen molar-refractivity contribution in [2.45, 2.75) is 46.1 Å². The fourth-order valence-corrected chi connectivity index (χ4v) is 1.84. The summed E-state index contributed by atoms with van der Waals surface area (Å²) in [5.41, 5.74) is 6.96. The maximum absolute atomic E-state index is 11.7. The van der Waals surface area contributed by atoms with Crippen LogP contribution in [0.5, 0.6) is 0 Å². The van der Waals surface area contributed by atoms with Gasteiger partial charge in [0, 0.05) is 5.69 Å². The monoisotopic (exact) mass is 248 g/mol. The van der Waals surface area contributed by atoms with Crippen LogP contribution in [0, 0.1) is 12.8 Å². The molecule has 0 aromatic heterocycles. The molecule has 1 atom stereocenters. The van der Waals surface area contributed by atoms with Crippen LogP contribution in [0.4, 0.5) is 5.69 Å². The zero-order chi connectivity index (χ0) is 13.8. The van der Waals surface area contributed by atoms with Gasteiger partial charge in [-0.15, -0.1) is 0 Å². The van der Waals surface area contributed by atoms with Gasteiger partial charge in [0.25, 0.3) is 0 Å². The fourth-order valence-electron chi connectivity index (χ4n) is 1.84. The molecule has 100 valence electrons. The Morgan fingerprint density at radius 3 is 2.50 bits per heavy atom. The van der Waals surface area contributed by atoms with Crippen LogP contribution in [0.2, 0.25) is 0 Å². The number of anilines is 1. The first-order valence-corrected chi connectivity index (χ1v) is 6.49. The zero-order valence-electron chi connectivity index (χ0n) is 11.8. The van der Waals surface area contributed by atoms with Crippen molar-refractivity contribution in [3.05, 3.63) is 29.8 Å². The van der Waals surface area contributed by atoms with Crippen molar-refractivity contribution >= 4 is 11.6 Å². The van der Waals surface area contributed by atoms with E-state index in [2.05, 4.69) is 19.2 Å². The summed E-state index contributed by atoms with van der Waals surface area (Å²) >= 11 is 0. The number of primary amides is 1. The number of para-hydroxylation sites is 1. The third-order valence-electron chi connectivity index (χ3n) is 3.32. The molecule has 18 heavy (non-hydrogen) atoms. The smallest absolute Gasteiger partial charge is 0.242 e. The van der Waals surface area contributed by atoms with Crippen LogP contribution in [0.1, 0.15) is 39.2 Å². The van der Waals surface area contributed by atoms with E-state index in [1.54, 1.807) is 0 Å². The van der Waals surface area contributed by atoms with Crippen molar-refractivity contribution in [2.24, 2.45) is 11.7 Å². The second-order valence-electron chi connectivity index (χ2n) is 5.57. The molecule has 0 radical (unpaired) electrons. The summed E-state index contributed by atoms with van der Waals surface area (Å²) < 4.78 is 0. The van der Waals surface area contributed by atoms with Gasteiger partial charge in [0.05, 0.1) is 0 Å². The Bertz CT molecular complexity index is 415. The molecule has 1 aromatic rings. The first kappa shape index (κ1) is 14.6. The molecule has 0 aliphatic carbocycles. The summed E-state index contributed by atoms with van der Waals surface area (Å²) in [5, 5.41) is 3.30. The third kappa shape index (κ3) is 3.76. The van der Waals surface area contributed by atoms with Crippen LogP contribution in [0.15, 0.2) is 24.3 Å². The molecule has 1 unspecified atom stereocenters. The van der Waals surface area contributed by atoms with Crippen LogP contribution in [-0.4, -0.2) is 11.4 Å². The molecule has 0 saturated carbocycles. The molecule has 0 heterocycles. The van der Waals surface area contributed by atoms with E-state index < -0.39 is 5.54 Å². The van der Waals surface area contributed by atoms with Crippen molar-refractivity contribution in [3.8, 4) is 0 Å². The van der Waals surface area contributed by atoms with E-state index in [0.717, 1.165) is 24.1 Å². The first-order valence-electron chi connectivity index (χ1n) is 6.49. The van der Waals surface area contributed by atoms with Gasteiger partial charge in [0.15, 0.2) is 0 Å². The first-order chi connectivity index (χ1) is 8.35. The number of carbonyl (C=O) groups excluding carboxylic acids is 1. The minimum Gasteiger partial charge on any atom is -0.371 e. The number of nitrogens with one attached hydrogen (secondary N) is 1. The van der Waals surface area contributed by atoms with E-state index in [-0.39, 0.29) is 5.91 Å². The van der Waals surface area contributed by atoms with Crippen LogP contribution >= 0.6 is 0 Å². The largest absolute Gasteiger partial charge is 0.371 e. The number of amides is 1. The summed E-state index contributed by atoms with van der Waals surface area (Å²) in [7, 11) is 0. The molecule has 0 spiro atoms. The molecule has 3 nitrogen and oxygen atoms in total. The minimum atomic E-state index is -0.684. The second kappa shape index (κ2) is 5.89. The van der Waals surface area contributed by atoms with E-state index in [0.29, 0.717) is 5.92 Å². The minimum absolute atomic E-state index is 0.300. The third-order valence-corrected chi connectivity index (χ3v) is 3.32. The van der Waals surface area contributed by atoms with Gasteiger partial charge in [-0.25, -0.2) is 0 Å². The summed E-state index contributed by atoms with van der Waals surface area (Å²) in [4.78, 5) is 11.7. The number of hydrogen-bond donors (Lipinski definition) is 2.